The summed E-state index contributed by atoms with van der Waals surface area (Å²) >= 11 is 0. The molecule has 6 nitrogen and oxygen atoms in total. The molecule has 0 aliphatic rings. The topological polar surface area (TPSA) is 84.4 Å². The van der Waals surface area contributed by atoms with Crippen molar-refractivity contribution in [2.75, 3.05) is 3.71 Å². The van der Waals surface area contributed by atoms with Gasteiger partial charge in [-0.05, 0) is 18.6 Å². The molecule has 1 aromatic heterocycles. The van der Waals surface area contributed by atoms with Crippen molar-refractivity contribution in [1.29, 1.82) is 0 Å². The molecule has 22 heavy (non-hydrogen) atoms. The van der Waals surface area contributed by atoms with Crippen molar-refractivity contribution in [3.63, 3.8) is 0 Å². The Labute approximate surface area is 120 Å². The zero-order valence-corrected chi connectivity index (χ0v) is 12.0. The first-order valence-electron chi connectivity index (χ1n) is 4.98. The summed E-state index contributed by atoms with van der Waals surface area (Å²) in [6, 6.07) is 1.30. The zero-order chi connectivity index (χ0) is 17.6. The minimum Gasteiger partial charge on any atom is -0.237 e. The van der Waals surface area contributed by atoms with Gasteiger partial charge in [-0.2, -0.15) is 43.2 Å². The van der Waals surface area contributed by atoms with Gasteiger partial charge >= 0.3 is 31.1 Å². The fraction of sp³-hybridized carbons (Fsp3) is 0.375. The Morgan fingerprint density at radius 2 is 1.32 bits per heavy atom. The van der Waals surface area contributed by atoms with Gasteiger partial charge in [-0.15, -0.1) is 3.71 Å². The maximum absolute atomic E-state index is 12.5. The lowest BCUT2D eigenvalue weighted by Crippen LogP contribution is -2.49. The minimum absolute atomic E-state index is 0.248. The van der Waals surface area contributed by atoms with Crippen molar-refractivity contribution < 1.29 is 43.2 Å². The number of hydrogen-bond acceptors (Lipinski definition) is 5. The van der Waals surface area contributed by atoms with Crippen LogP contribution in [0.4, 0.5) is 32.2 Å². The van der Waals surface area contributed by atoms with Crippen molar-refractivity contribution in [2.24, 2.45) is 0 Å². The number of sulfonamides is 2. The Hall–Kier alpha value is -1.57. The summed E-state index contributed by atoms with van der Waals surface area (Å²) in [5.74, 6) is -1.56. The minimum atomic E-state index is -6.88. The lowest BCUT2D eigenvalue weighted by atomic mass is 10.3. The molecule has 0 saturated carbocycles. The van der Waals surface area contributed by atoms with Crippen molar-refractivity contribution >= 4 is 25.9 Å². The molecule has 1 rings (SSSR count). The van der Waals surface area contributed by atoms with Crippen LogP contribution in [0.2, 0.25) is 0 Å². The number of nitrogens with zero attached hydrogens (tertiary/aromatic N) is 2. The average Bonchev–Trinajstić information content (AvgIpc) is 2.28. The highest BCUT2D eigenvalue weighted by atomic mass is 32.3. The van der Waals surface area contributed by atoms with Crippen LogP contribution in [-0.4, -0.2) is 32.8 Å². The third-order valence-corrected chi connectivity index (χ3v) is 5.70. The zero-order valence-electron chi connectivity index (χ0n) is 10.3. The number of rotatable bonds is 3. The number of halogens is 6. The van der Waals surface area contributed by atoms with Crippen LogP contribution >= 0.6 is 0 Å². The number of alkyl halides is 6. The molecule has 0 fully saturated rings. The molecule has 0 aliphatic heterocycles. The molecule has 0 bridgehead atoms. The van der Waals surface area contributed by atoms with Gasteiger partial charge in [-0.25, -0.2) is 4.98 Å². The molecular formula is C8H6F6N2O4S2. The summed E-state index contributed by atoms with van der Waals surface area (Å²) in [4.78, 5) is 3.01. The molecule has 14 heteroatoms. The average molecular weight is 372 g/mol. The van der Waals surface area contributed by atoms with Gasteiger partial charge in [0, 0.05) is 6.20 Å². The summed E-state index contributed by atoms with van der Waals surface area (Å²) < 4.78 is 118. The van der Waals surface area contributed by atoms with Gasteiger partial charge in [0.05, 0.1) is 0 Å². The van der Waals surface area contributed by atoms with Gasteiger partial charge in [0.2, 0.25) is 0 Å². The second-order valence-corrected chi connectivity index (χ2v) is 7.58. The Morgan fingerprint density at radius 3 is 1.59 bits per heavy atom. The quantitative estimate of drug-likeness (QED) is 0.757. The van der Waals surface area contributed by atoms with E-state index in [0.29, 0.717) is 12.3 Å². The van der Waals surface area contributed by atoms with E-state index in [9.17, 15) is 43.2 Å². The predicted octanol–water partition coefficient (Wildman–Crippen LogP) is 1.90. The maximum atomic E-state index is 12.5. The van der Waals surface area contributed by atoms with Gasteiger partial charge in [-0.1, -0.05) is 6.07 Å². The SMILES string of the molecule is Cc1ccc(N(S(=O)(=O)C(F)(F)F)S(=O)(=O)C(F)(F)F)nc1. The first-order chi connectivity index (χ1) is 9.62. The van der Waals surface area contributed by atoms with E-state index in [1.807, 2.05) is 0 Å². The molecule has 0 N–H and O–H groups in total. The van der Waals surface area contributed by atoms with E-state index in [2.05, 4.69) is 4.98 Å². The highest BCUT2D eigenvalue weighted by Gasteiger charge is 2.62. The van der Waals surface area contributed by atoms with E-state index in [-0.39, 0.29) is 5.56 Å². The van der Waals surface area contributed by atoms with Gasteiger partial charge in [-0.3, -0.25) is 0 Å². The summed E-state index contributed by atoms with van der Waals surface area (Å²) in [6.07, 6.45) is 0.708. The standard InChI is InChI=1S/C8H6F6N2O4S2/c1-5-2-3-6(15-4-5)16(21(17,18)7(9,10)11)22(19,20)8(12,13)14/h2-4H,1H3. The predicted molar refractivity (Wildman–Crippen MR) is 61.4 cm³/mol. The normalized spacial score (nSPS) is 14.0. The lowest BCUT2D eigenvalue weighted by Gasteiger charge is -2.24. The summed E-state index contributed by atoms with van der Waals surface area (Å²) in [5, 5.41) is 0. The highest BCUT2D eigenvalue weighted by Crippen LogP contribution is 2.37. The lowest BCUT2D eigenvalue weighted by molar-refractivity contribution is -0.0462. The molecule has 0 aliphatic carbocycles. The third-order valence-electron chi connectivity index (χ3n) is 2.10. The second kappa shape index (κ2) is 5.26. The van der Waals surface area contributed by atoms with Crippen LogP contribution in [0.15, 0.2) is 18.3 Å². The fourth-order valence-electron chi connectivity index (χ4n) is 1.13. The van der Waals surface area contributed by atoms with Crippen LogP contribution in [0, 0.1) is 6.92 Å². The molecule has 126 valence electrons. The van der Waals surface area contributed by atoms with Gasteiger partial charge in [0.25, 0.3) is 0 Å². The molecule has 0 amide bonds. The fourth-order valence-corrected chi connectivity index (χ4v) is 3.76. The van der Waals surface area contributed by atoms with Crippen molar-refractivity contribution in [1.82, 2.24) is 4.98 Å². The number of anilines is 1. The molecule has 0 unspecified atom stereocenters. The van der Waals surface area contributed by atoms with Crippen LogP contribution < -0.4 is 3.71 Å². The largest absolute Gasteiger partial charge is 0.517 e. The first-order valence-corrected chi connectivity index (χ1v) is 7.86. The molecule has 1 aromatic rings. The molecule has 0 spiro atoms. The van der Waals surface area contributed by atoms with Gasteiger partial charge in [0.15, 0.2) is 5.82 Å². The maximum Gasteiger partial charge on any atom is 0.517 e. The van der Waals surface area contributed by atoms with E-state index in [0.717, 1.165) is 6.07 Å². The van der Waals surface area contributed by atoms with E-state index in [1.54, 1.807) is 0 Å². The van der Waals surface area contributed by atoms with Crippen molar-refractivity contribution in [3.05, 3.63) is 23.9 Å². The Morgan fingerprint density at radius 1 is 0.909 bits per heavy atom. The van der Waals surface area contributed by atoms with Gasteiger partial charge in [0.1, 0.15) is 0 Å². The molecule has 0 radical (unpaired) electrons. The first kappa shape index (κ1) is 18.5. The smallest absolute Gasteiger partial charge is 0.237 e. The highest BCUT2D eigenvalue weighted by molar-refractivity contribution is 8.11. The number of aromatic nitrogens is 1. The third kappa shape index (κ3) is 3.11. The summed E-state index contributed by atoms with van der Waals surface area (Å²) in [5.41, 5.74) is -12.3. The molecule has 0 aromatic carbocycles. The number of pyridine rings is 1. The Kier molecular flexibility index (Phi) is 4.42. The monoisotopic (exact) mass is 372 g/mol. The second-order valence-electron chi connectivity index (χ2n) is 3.79. The van der Waals surface area contributed by atoms with E-state index in [1.165, 1.54) is 6.92 Å². The van der Waals surface area contributed by atoms with Crippen LogP contribution in [0.3, 0.4) is 0 Å². The molecule has 0 atom stereocenters. The van der Waals surface area contributed by atoms with E-state index >= 15 is 0 Å². The Balaban J connectivity index is 3.73. The molecule has 0 saturated heterocycles. The number of hydrogen-bond donors (Lipinski definition) is 0. The van der Waals surface area contributed by atoms with Crippen LogP contribution in [-0.2, 0) is 20.0 Å². The van der Waals surface area contributed by atoms with E-state index in [4.69, 9.17) is 0 Å². The van der Waals surface area contributed by atoms with Crippen LogP contribution in [0.1, 0.15) is 5.56 Å². The summed E-state index contributed by atoms with van der Waals surface area (Å²) in [7, 11) is -13.8. The summed E-state index contributed by atoms with van der Waals surface area (Å²) in [6.45, 7) is 1.34. The van der Waals surface area contributed by atoms with E-state index < -0.39 is 40.6 Å². The Bertz CT molecular complexity index is 707. The van der Waals surface area contributed by atoms with Crippen molar-refractivity contribution in [3.8, 4) is 0 Å². The van der Waals surface area contributed by atoms with Crippen LogP contribution in [0.5, 0.6) is 0 Å². The molecular weight excluding hydrogens is 366 g/mol. The number of aryl methyl sites for hydroxylation is 1. The van der Waals surface area contributed by atoms with Gasteiger partial charge < -0.3 is 0 Å². The van der Waals surface area contributed by atoms with Crippen LogP contribution in [0.25, 0.3) is 0 Å². The van der Waals surface area contributed by atoms with Crippen molar-refractivity contribution in [2.45, 2.75) is 17.9 Å². The molecule has 1 heterocycles.